The van der Waals surface area contributed by atoms with Gasteiger partial charge in [0.15, 0.2) is 0 Å². The molecule has 1 aromatic rings. The van der Waals surface area contributed by atoms with E-state index in [-0.39, 0.29) is 11.2 Å². The van der Waals surface area contributed by atoms with E-state index >= 15 is 0 Å². The van der Waals surface area contributed by atoms with Crippen LogP contribution in [0.15, 0.2) is 18.2 Å². The summed E-state index contributed by atoms with van der Waals surface area (Å²) in [6, 6.07) is 4.95. The van der Waals surface area contributed by atoms with Gasteiger partial charge in [0.2, 0.25) is 0 Å². The van der Waals surface area contributed by atoms with Gasteiger partial charge in [-0.15, -0.1) is 0 Å². The van der Waals surface area contributed by atoms with E-state index < -0.39 is 0 Å². The minimum Gasteiger partial charge on any atom is -0.493 e. The largest absolute Gasteiger partial charge is 0.493 e. The normalized spacial score (nSPS) is 18.6. The maximum atomic E-state index is 13.2. The van der Waals surface area contributed by atoms with Crippen molar-refractivity contribution >= 4 is 12.6 Å². The lowest BCUT2D eigenvalue weighted by atomic mass is 9.76. The van der Waals surface area contributed by atoms with Gasteiger partial charge in [-0.3, -0.25) is 0 Å². The van der Waals surface area contributed by atoms with Crippen molar-refractivity contribution in [1.82, 2.24) is 0 Å². The zero-order valence-corrected chi connectivity index (χ0v) is 11.8. The van der Waals surface area contributed by atoms with Gasteiger partial charge in [-0.25, -0.2) is 4.39 Å². The summed E-state index contributed by atoms with van der Waals surface area (Å²) in [5.41, 5.74) is 0.847. The molecule has 1 aromatic carbocycles. The molecule has 0 radical (unpaired) electrons. The number of ether oxygens (including phenoxy) is 1. The summed E-state index contributed by atoms with van der Waals surface area (Å²) >= 11 is 4.49. The molecule has 0 bridgehead atoms. The summed E-state index contributed by atoms with van der Waals surface area (Å²) in [5, 5.41) is 0. The summed E-state index contributed by atoms with van der Waals surface area (Å²) in [4.78, 5) is 0. The zero-order chi connectivity index (χ0) is 13.0. The van der Waals surface area contributed by atoms with E-state index in [1.165, 1.54) is 38.2 Å². The van der Waals surface area contributed by atoms with Crippen molar-refractivity contribution in [2.75, 3.05) is 12.4 Å². The molecule has 2 rings (SSSR count). The Bertz CT molecular complexity index is 399. The van der Waals surface area contributed by atoms with E-state index in [2.05, 4.69) is 12.6 Å². The Morgan fingerprint density at radius 3 is 2.61 bits per heavy atom. The SMILES string of the molecule is Cc1cc(OCC2(CS)CCCCC2)ccc1F. The van der Waals surface area contributed by atoms with Crippen molar-refractivity contribution in [1.29, 1.82) is 0 Å². The molecule has 1 nitrogen and oxygen atoms in total. The van der Waals surface area contributed by atoms with Crippen LogP contribution in [-0.4, -0.2) is 12.4 Å². The van der Waals surface area contributed by atoms with Crippen molar-refractivity contribution in [3.63, 3.8) is 0 Å². The van der Waals surface area contributed by atoms with E-state index in [4.69, 9.17) is 4.74 Å². The second kappa shape index (κ2) is 5.96. The molecule has 0 aliphatic heterocycles. The minimum absolute atomic E-state index is 0.177. The first-order valence-corrected chi connectivity index (χ1v) is 7.28. The van der Waals surface area contributed by atoms with Crippen molar-refractivity contribution < 1.29 is 9.13 Å². The lowest BCUT2D eigenvalue weighted by Crippen LogP contribution is -2.32. The first-order chi connectivity index (χ1) is 8.65. The van der Waals surface area contributed by atoms with Gasteiger partial charge in [-0.05, 0) is 49.3 Å². The van der Waals surface area contributed by atoms with Gasteiger partial charge < -0.3 is 4.74 Å². The van der Waals surface area contributed by atoms with Crippen LogP contribution in [-0.2, 0) is 0 Å². The minimum atomic E-state index is -0.177. The van der Waals surface area contributed by atoms with Crippen LogP contribution in [0.3, 0.4) is 0 Å². The van der Waals surface area contributed by atoms with E-state index in [1.54, 1.807) is 19.1 Å². The third-order valence-corrected chi connectivity index (χ3v) is 4.59. The van der Waals surface area contributed by atoms with Crippen LogP contribution in [0.2, 0.25) is 0 Å². The molecular weight excluding hydrogens is 247 g/mol. The highest BCUT2D eigenvalue weighted by molar-refractivity contribution is 7.80. The molecule has 1 saturated carbocycles. The summed E-state index contributed by atoms with van der Waals surface area (Å²) in [5.74, 6) is 1.46. The monoisotopic (exact) mass is 268 g/mol. The Kier molecular flexibility index (Phi) is 4.55. The quantitative estimate of drug-likeness (QED) is 0.797. The fourth-order valence-electron chi connectivity index (χ4n) is 2.59. The number of benzene rings is 1. The molecule has 1 fully saturated rings. The fraction of sp³-hybridized carbons (Fsp3) is 0.600. The van der Waals surface area contributed by atoms with Gasteiger partial charge in [0.25, 0.3) is 0 Å². The highest BCUT2D eigenvalue weighted by Gasteiger charge is 2.31. The van der Waals surface area contributed by atoms with Crippen molar-refractivity contribution in [2.45, 2.75) is 39.0 Å². The molecule has 0 heterocycles. The van der Waals surface area contributed by atoms with Crippen LogP contribution < -0.4 is 4.74 Å². The van der Waals surface area contributed by atoms with E-state index in [0.717, 1.165) is 11.5 Å². The lowest BCUT2D eigenvalue weighted by molar-refractivity contribution is 0.121. The van der Waals surface area contributed by atoms with Crippen LogP contribution in [0.25, 0.3) is 0 Å². The smallest absolute Gasteiger partial charge is 0.126 e. The summed E-state index contributed by atoms with van der Waals surface area (Å²) in [7, 11) is 0. The van der Waals surface area contributed by atoms with Crippen molar-refractivity contribution in [3.05, 3.63) is 29.6 Å². The second-order valence-corrected chi connectivity index (χ2v) is 5.73. The molecule has 0 amide bonds. The van der Waals surface area contributed by atoms with Gasteiger partial charge in [-0.1, -0.05) is 19.3 Å². The molecule has 1 aliphatic rings. The van der Waals surface area contributed by atoms with E-state index in [1.807, 2.05) is 0 Å². The number of hydrogen-bond acceptors (Lipinski definition) is 2. The van der Waals surface area contributed by atoms with Crippen LogP contribution in [0.1, 0.15) is 37.7 Å². The van der Waals surface area contributed by atoms with Gasteiger partial charge in [-0.2, -0.15) is 12.6 Å². The molecule has 0 N–H and O–H groups in total. The highest BCUT2D eigenvalue weighted by atomic mass is 32.1. The van der Waals surface area contributed by atoms with Gasteiger partial charge >= 0.3 is 0 Å². The molecule has 0 unspecified atom stereocenters. The summed E-state index contributed by atoms with van der Waals surface area (Å²) in [6.45, 7) is 2.46. The first kappa shape index (κ1) is 13.7. The zero-order valence-electron chi connectivity index (χ0n) is 10.9. The average Bonchev–Trinajstić information content (AvgIpc) is 2.41. The van der Waals surface area contributed by atoms with Crippen molar-refractivity contribution in [3.8, 4) is 5.75 Å². The topological polar surface area (TPSA) is 9.23 Å². The van der Waals surface area contributed by atoms with E-state index in [0.29, 0.717) is 12.2 Å². The molecule has 0 spiro atoms. The predicted octanol–water partition coefficient (Wildman–Crippen LogP) is 4.39. The van der Waals surface area contributed by atoms with Crippen LogP contribution in [0.4, 0.5) is 4.39 Å². The lowest BCUT2D eigenvalue weighted by Gasteiger charge is -2.35. The van der Waals surface area contributed by atoms with Crippen molar-refractivity contribution in [2.24, 2.45) is 5.41 Å². The Morgan fingerprint density at radius 2 is 2.00 bits per heavy atom. The molecule has 0 atom stereocenters. The molecule has 0 aromatic heterocycles. The third-order valence-electron chi connectivity index (χ3n) is 3.92. The van der Waals surface area contributed by atoms with Crippen LogP contribution in [0, 0.1) is 18.2 Å². The molecule has 0 saturated heterocycles. The Hall–Kier alpha value is -0.700. The standard InChI is InChI=1S/C15H21FOS/c1-12-9-13(5-6-14(12)16)17-10-15(11-18)7-3-2-4-8-15/h5-6,9,18H,2-4,7-8,10-11H2,1H3. The number of thiol groups is 1. The Balaban J connectivity index is 1.98. The number of aryl methyl sites for hydroxylation is 1. The molecule has 18 heavy (non-hydrogen) atoms. The Morgan fingerprint density at radius 1 is 1.28 bits per heavy atom. The first-order valence-electron chi connectivity index (χ1n) is 6.65. The van der Waals surface area contributed by atoms with Gasteiger partial charge in [0.05, 0.1) is 6.61 Å². The number of rotatable bonds is 4. The number of hydrogen-bond donors (Lipinski definition) is 1. The molecule has 1 aliphatic carbocycles. The molecule has 100 valence electrons. The fourth-order valence-corrected chi connectivity index (χ4v) is 3.00. The van der Waals surface area contributed by atoms with Crippen LogP contribution >= 0.6 is 12.6 Å². The number of halogens is 1. The van der Waals surface area contributed by atoms with Crippen LogP contribution in [0.5, 0.6) is 5.75 Å². The third kappa shape index (κ3) is 3.19. The van der Waals surface area contributed by atoms with Gasteiger partial charge in [0, 0.05) is 5.41 Å². The molecular formula is C15H21FOS. The van der Waals surface area contributed by atoms with Gasteiger partial charge in [0.1, 0.15) is 11.6 Å². The average molecular weight is 268 g/mol. The second-order valence-electron chi connectivity index (χ2n) is 5.42. The predicted molar refractivity (Wildman–Crippen MR) is 76.0 cm³/mol. The summed E-state index contributed by atoms with van der Waals surface area (Å²) in [6.07, 6.45) is 6.25. The van der Waals surface area contributed by atoms with E-state index in [9.17, 15) is 4.39 Å². The summed E-state index contributed by atoms with van der Waals surface area (Å²) < 4.78 is 19.0. The maximum absolute atomic E-state index is 13.2. The molecule has 3 heteroatoms. The Labute approximate surface area is 114 Å². The maximum Gasteiger partial charge on any atom is 0.126 e. The highest BCUT2D eigenvalue weighted by Crippen LogP contribution is 2.37.